The molecular formula is C45H25N5. The van der Waals surface area contributed by atoms with Crippen molar-refractivity contribution in [3.05, 3.63) is 168 Å². The number of rotatable bonds is 4. The SMILES string of the molecule is N#Cc1ccc2c(c1)c1ccccc1n2-c1ccccc1-c1ccccc1-c1ccc(-n2c3ccccc3c3ccc(C#N)cc32)c(C#N)c1. The van der Waals surface area contributed by atoms with Crippen LogP contribution in [0.2, 0.25) is 0 Å². The first-order chi connectivity index (χ1) is 24.7. The van der Waals surface area contributed by atoms with Gasteiger partial charge in [0.05, 0.1) is 62.3 Å². The number of aromatic nitrogens is 2. The van der Waals surface area contributed by atoms with Crippen LogP contribution < -0.4 is 0 Å². The number of benzene rings is 7. The van der Waals surface area contributed by atoms with Crippen LogP contribution in [0.25, 0.3) is 77.2 Å². The van der Waals surface area contributed by atoms with Crippen LogP contribution in [0.3, 0.4) is 0 Å². The maximum absolute atomic E-state index is 10.6. The summed E-state index contributed by atoms with van der Waals surface area (Å²) in [4.78, 5) is 0. The fraction of sp³-hybridized carbons (Fsp3) is 0. The standard InChI is InChI=1S/C45H25N5/c46-26-29-18-21-44-39(23-29)37-13-5-8-16-43(37)50(44)41-14-6-3-11-35(41)34-10-2-1-9-33(34)31-19-22-40(32(25-31)28-48)49-42-15-7-4-12-36(42)38-20-17-30(27-47)24-45(38)49/h1-25H. The smallest absolute Gasteiger partial charge is 0.101 e. The first kappa shape index (κ1) is 28.8. The molecule has 230 valence electrons. The van der Waals surface area contributed by atoms with Crippen LogP contribution >= 0.6 is 0 Å². The van der Waals surface area contributed by atoms with Gasteiger partial charge in [-0.2, -0.15) is 15.8 Å². The quantitative estimate of drug-likeness (QED) is 0.193. The number of hydrogen-bond acceptors (Lipinski definition) is 3. The molecule has 0 saturated heterocycles. The normalized spacial score (nSPS) is 11.1. The van der Waals surface area contributed by atoms with Gasteiger partial charge in [0.1, 0.15) is 6.07 Å². The molecule has 9 rings (SSSR count). The van der Waals surface area contributed by atoms with Crippen molar-refractivity contribution >= 4 is 43.6 Å². The molecule has 5 nitrogen and oxygen atoms in total. The molecule has 7 aromatic carbocycles. The predicted octanol–water partition coefficient (Wildman–Crippen LogP) is 10.8. The summed E-state index contributed by atoms with van der Waals surface area (Å²) in [6.45, 7) is 0. The molecule has 0 aliphatic rings. The molecule has 0 bridgehead atoms. The van der Waals surface area contributed by atoms with E-state index in [1.807, 2.05) is 84.9 Å². The Kier molecular flexibility index (Phi) is 6.56. The summed E-state index contributed by atoms with van der Waals surface area (Å²) in [7, 11) is 0. The highest BCUT2D eigenvalue weighted by Crippen LogP contribution is 2.41. The van der Waals surface area contributed by atoms with Gasteiger partial charge in [-0.25, -0.2) is 0 Å². The number of nitrogens with zero attached hydrogens (tertiary/aromatic N) is 5. The Morgan fingerprint density at radius 2 is 0.920 bits per heavy atom. The Balaban J connectivity index is 1.25. The van der Waals surface area contributed by atoms with E-state index in [0.29, 0.717) is 16.7 Å². The maximum Gasteiger partial charge on any atom is 0.101 e. The molecule has 5 heteroatoms. The summed E-state index contributed by atoms with van der Waals surface area (Å²) >= 11 is 0. The minimum absolute atomic E-state index is 0.534. The van der Waals surface area contributed by atoms with E-state index in [9.17, 15) is 15.8 Å². The molecule has 0 atom stereocenters. The third-order valence-electron chi connectivity index (χ3n) is 9.64. The van der Waals surface area contributed by atoms with E-state index < -0.39 is 0 Å². The number of nitriles is 3. The van der Waals surface area contributed by atoms with Crippen LogP contribution in [0, 0.1) is 34.0 Å². The Labute approximate surface area is 287 Å². The molecular weight excluding hydrogens is 611 g/mol. The molecule has 0 N–H and O–H groups in total. The first-order valence-corrected chi connectivity index (χ1v) is 16.3. The van der Waals surface area contributed by atoms with Gasteiger partial charge in [-0.1, -0.05) is 91.0 Å². The van der Waals surface area contributed by atoms with Gasteiger partial charge >= 0.3 is 0 Å². The lowest BCUT2D eigenvalue weighted by Crippen LogP contribution is -1.99. The summed E-state index contributed by atoms with van der Waals surface area (Å²) in [6.07, 6.45) is 0. The molecule has 0 saturated carbocycles. The van der Waals surface area contributed by atoms with Crippen molar-refractivity contribution in [3.63, 3.8) is 0 Å². The Morgan fingerprint density at radius 1 is 0.360 bits per heavy atom. The van der Waals surface area contributed by atoms with Crippen molar-refractivity contribution in [2.24, 2.45) is 0 Å². The second-order valence-electron chi connectivity index (χ2n) is 12.3. The van der Waals surface area contributed by atoms with Crippen molar-refractivity contribution in [2.45, 2.75) is 0 Å². The molecule has 2 heterocycles. The van der Waals surface area contributed by atoms with Gasteiger partial charge in [0.25, 0.3) is 0 Å². The highest BCUT2D eigenvalue weighted by Gasteiger charge is 2.20. The largest absolute Gasteiger partial charge is 0.309 e. The summed E-state index contributed by atoms with van der Waals surface area (Å²) < 4.78 is 4.37. The topological polar surface area (TPSA) is 81.2 Å². The van der Waals surface area contributed by atoms with E-state index in [4.69, 9.17) is 0 Å². The van der Waals surface area contributed by atoms with Crippen molar-refractivity contribution < 1.29 is 0 Å². The van der Waals surface area contributed by atoms with E-state index in [-0.39, 0.29) is 0 Å². The second-order valence-corrected chi connectivity index (χ2v) is 12.3. The third kappa shape index (κ3) is 4.31. The zero-order chi connectivity index (χ0) is 33.8. The maximum atomic E-state index is 10.6. The number of hydrogen-bond donors (Lipinski definition) is 0. The molecule has 0 unspecified atom stereocenters. The monoisotopic (exact) mass is 635 g/mol. The molecule has 50 heavy (non-hydrogen) atoms. The lowest BCUT2D eigenvalue weighted by Gasteiger charge is -2.18. The fourth-order valence-corrected chi connectivity index (χ4v) is 7.46. The summed E-state index contributed by atoms with van der Waals surface area (Å²) in [6, 6.07) is 57.8. The summed E-state index contributed by atoms with van der Waals surface area (Å²) in [5.74, 6) is 0. The Morgan fingerprint density at radius 3 is 1.66 bits per heavy atom. The van der Waals surface area contributed by atoms with Gasteiger partial charge in [-0.3, -0.25) is 0 Å². The van der Waals surface area contributed by atoms with Gasteiger partial charge in [0.15, 0.2) is 0 Å². The minimum atomic E-state index is 0.534. The highest BCUT2D eigenvalue weighted by molar-refractivity contribution is 6.11. The van der Waals surface area contributed by atoms with Crippen molar-refractivity contribution in [1.29, 1.82) is 15.8 Å². The summed E-state index contributed by atoms with van der Waals surface area (Å²) in [5.41, 5.74) is 11.5. The molecule has 0 radical (unpaired) electrons. The minimum Gasteiger partial charge on any atom is -0.309 e. The summed E-state index contributed by atoms with van der Waals surface area (Å²) in [5, 5.41) is 34.2. The predicted molar refractivity (Wildman–Crippen MR) is 200 cm³/mol. The molecule has 0 fully saturated rings. The zero-order valence-electron chi connectivity index (χ0n) is 26.7. The Bertz CT molecular complexity index is 2970. The van der Waals surface area contributed by atoms with Gasteiger partial charge in [0.2, 0.25) is 0 Å². The van der Waals surface area contributed by atoms with Crippen LogP contribution in [0.1, 0.15) is 16.7 Å². The number of fused-ring (bicyclic) bond motifs is 6. The van der Waals surface area contributed by atoms with Gasteiger partial charge in [0, 0.05) is 27.1 Å². The van der Waals surface area contributed by atoms with Crippen molar-refractivity contribution in [1.82, 2.24) is 9.13 Å². The van der Waals surface area contributed by atoms with Crippen LogP contribution in [-0.4, -0.2) is 9.13 Å². The van der Waals surface area contributed by atoms with E-state index in [1.54, 1.807) is 0 Å². The fourth-order valence-electron chi connectivity index (χ4n) is 7.46. The first-order valence-electron chi connectivity index (χ1n) is 16.3. The molecule has 0 aliphatic heterocycles. The molecule has 2 aromatic heterocycles. The Hall–Kier alpha value is -7.39. The van der Waals surface area contributed by atoms with Crippen LogP contribution in [0.15, 0.2) is 152 Å². The lowest BCUT2D eigenvalue weighted by atomic mass is 9.92. The average Bonchev–Trinajstić information content (AvgIpc) is 3.69. The van der Waals surface area contributed by atoms with Crippen LogP contribution in [-0.2, 0) is 0 Å². The second kappa shape index (κ2) is 11.4. The molecule has 9 aromatic rings. The van der Waals surface area contributed by atoms with E-state index in [0.717, 1.165) is 77.2 Å². The highest BCUT2D eigenvalue weighted by atomic mass is 15.0. The molecule has 0 amide bonds. The van der Waals surface area contributed by atoms with E-state index in [1.165, 1.54) is 0 Å². The van der Waals surface area contributed by atoms with Crippen LogP contribution in [0.5, 0.6) is 0 Å². The van der Waals surface area contributed by atoms with Gasteiger partial charge < -0.3 is 9.13 Å². The van der Waals surface area contributed by atoms with Gasteiger partial charge in [-0.15, -0.1) is 0 Å². The average molecular weight is 636 g/mol. The zero-order valence-corrected chi connectivity index (χ0v) is 26.7. The number of para-hydroxylation sites is 3. The lowest BCUT2D eigenvalue weighted by molar-refractivity contribution is 1.17. The van der Waals surface area contributed by atoms with Crippen molar-refractivity contribution in [3.8, 4) is 51.8 Å². The molecule has 0 aliphatic carbocycles. The van der Waals surface area contributed by atoms with Gasteiger partial charge in [-0.05, 0) is 77.4 Å². The third-order valence-corrected chi connectivity index (χ3v) is 9.64. The van der Waals surface area contributed by atoms with Crippen LogP contribution in [0.4, 0.5) is 0 Å². The molecule has 0 spiro atoms. The van der Waals surface area contributed by atoms with Crippen molar-refractivity contribution in [2.75, 3.05) is 0 Å². The van der Waals surface area contributed by atoms with E-state index >= 15 is 0 Å². The van der Waals surface area contributed by atoms with E-state index in [2.05, 4.69) is 94.1 Å².